The fourth-order valence-corrected chi connectivity index (χ4v) is 3.83. The van der Waals surface area contributed by atoms with Gasteiger partial charge in [0.1, 0.15) is 0 Å². The quantitative estimate of drug-likeness (QED) is 0.322. The Labute approximate surface area is 158 Å². The first-order valence-electron chi connectivity index (χ1n) is 8.56. The molecule has 0 aliphatic rings. The van der Waals surface area contributed by atoms with Crippen LogP contribution in [-0.2, 0) is 10.0 Å². The molecule has 0 unspecified atom stereocenters. The second kappa shape index (κ2) is 6.85. The van der Waals surface area contributed by atoms with E-state index in [4.69, 9.17) is 0 Å². The van der Waals surface area contributed by atoms with Crippen LogP contribution in [0.2, 0.25) is 0 Å². The summed E-state index contributed by atoms with van der Waals surface area (Å²) >= 11 is 0. The highest BCUT2D eigenvalue weighted by atomic mass is 32.2. The molecule has 0 heterocycles. The van der Waals surface area contributed by atoms with E-state index in [-0.39, 0.29) is 4.90 Å². The van der Waals surface area contributed by atoms with Gasteiger partial charge >= 0.3 is 0 Å². The lowest BCUT2D eigenvalue weighted by atomic mass is 10.0. The fraction of sp³-hybridized carbons (Fsp3) is 0.0455. The van der Waals surface area contributed by atoms with Gasteiger partial charge in [-0.2, -0.15) is 13.5 Å². The zero-order valence-corrected chi connectivity index (χ0v) is 15.6. The van der Waals surface area contributed by atoms with Crippen LogP contribution >= 0.6 is 0 Å². The first-order chi connectivity index (χ1) is 13.0. The lowest BCUT2D eigenvalue weighted by Gasteiger charge is -2.06. The molecule has 134 valence electrons. The summed E-state index contributed by atoms with van der Waals surface area (Å²) in [5, 5.41) is 8.38. The van der Waals surface area contributed by atoms with Crippen LogP contribution in [0.15, 0.2) is 88.9 Å². The monoisotopic (exact) mass is 374 g/mol. The minimum atomic E-state index is -3.68. The molecule has 5 heteroatoms. The number of benzene rings is 4. The SMILES string of the molecule is Cc1ccc(S(=O)(=O)N/N=C/c2cccc3cc4ccccc4cc23)cc1. The number of aryl methyl sites for hydroxylation is 1. The molecule has 0 aliphatic carbocycles. The second-order valence-corrected chi connectivity index (χ2v) is 8.09. The van der Waals surface area contributed by atoms with Crippen LogP contribution in [-0.4, -0.2) is 14.6 Å². The number of hydrogen-bond donors (Lipinski definition) is 1. The number of hydrogen-bond acceptors (Lipinski definition) is 3. The number of fused-ring (bicyclic) bond motifs is 2. The summed E-state index contributed by atoms with van der Waals surface area (Å²) in [5.41, 5.74) is 1.85. The van der Waals surface area contributed by atoms with Crippen LogP contribution in [0.25, 0.3) is 21.5 Å². The molecular weight excluding hydrogens is 356 g/mol. The Hall–Kier alpha value is -3.18. The molecular formula is C22H18N2O2S. The van der Waals surface area contributed by atoms with Crippen LogP contribution in [0.4, 0.5) is 0 Å². The van der Waals surface area contributed by atoms with Crippen LogP contribution in [0.5, 0.6) is 0 Å². The summed E-state index contributed by atoms with van der Waals surface area (Å²) < 4.78 is 24.7. The van der Waals surface area contributed by atoms with Crippen molar-refractivity contribution in [3.05, 3.63) is 90.0 Å². The normalized spacial score (nSPS) is 12.0. The Kier molecular flexibility index (Phi) is 4.38. The van der Waals surface area contributed by atoms with Crippen LogP contribution < -0.4 is 4.83 Å². The molecule has 0 aromatic heterocycles. The average molecular weight is 374 g/mol. The van der Waals surface area contributed by atoms with Crippen molar-refractivity contribution in [2.45, 2.75) is 11.8 Å². The minimum absolute atomic E-state index is 0.189. The van der Waals surface area contributed by atoms with Crippen molar-refractivity contribution in [2.24, 2.45) is 5.10 Å². The predicted octanol–water partition coefficient (Wildman–Crippen LogP) is 4.61. The van der Waals surface area contributed by atoms with Crippen LogP contribution in [0, 0.1) is 6.92 Å². The zero-order valence-electron chi connectivity index (χ0n) is 14.8. The Balaban J connectivity index is 1.66. The van der Waals surface area contributed by atoms with Crippen molar-refractivity contribution in [3.8, 4) is 0 Å². The highest BCUT2D eigenvalue weighted by Gasteiger charge is 2.11. The molecule has 0 saturated carbocycles. The van der Waals surface area contributed by atoms with E-state index in [0.717, 1.165) is 27.3 Å². The fourth-order valence-electron chi connectivity index (χ4n) is 3.04. The largest absolute Gasteiger partial charge is 0.276 e. The summed E-state index contributed by atoms with van der Waals surface area (Å²) in [4.78, 5) is 2.48. The van der Waals surface area contributed by atoms with E-state index in [1.807, 2.05) is 37.3 Å². The second-order valence-electron chi connectivity index (χ2n) is 6.43. The van der Waals surface area contributed by atoms with Gasteiger partial charge < -0.3 is 0 Å². The van der Waals surface area contributed by atoms with Crippen molar-refractivity contribution in [1.29, 1.82) is 0 Å². The molecule has 4 aromatic rings. The molecule has 0 atom stereocenters. The molecule has 0 radical (unpaired) electrons. The molecule has 4 rings (SSSR count). The number of sulfonamides is 1. The molecule has 0 spiro atoms. The van der Waals surface area contributed by atoms with Gasteiger partial charge in [0, 0.05) is 5.56 Å². The van der Waals surface area contributed by atoms with Gasteiger partial charge in [0.15, 0.2) is 0 Å². The molecule has 27 heavy (non-hydrogen) atoms. The highest BCUT2D eigenvalue weighted by Crippen LogP contribution is 2.24. The Morgan fingerprint density at radius 2 is 1.48 bits per heavy atom. The van der Waals surface area contributed by atoms with Crippen LogP contribution in [0.3, 0.4) is 0 Å². The maximum Gasteiger partial charge on any atom is 0.276 e. The van der Waals surface area contributed by atoms with E-state index in [0.29, 0.717) is 0 Å². The van der Waals surface area contributed by atoms with E-state index < -0.39 is 10.0 Å². The maximum atomic E-state index is 12.3. The van der Waals surface area contributed by atoms with Gasteiger partial charge in [-0.3, -0.25) is 0 Å². The number of nitrogens with zero attached hydrogens (tertiary/aromatic N) is 1. The predicted molar refractivity (Wildman–Crippen MR) is 111 cm³/mol. The summed E-state index contributed by atoms with van der Waals surface area (Å²) in [6.07, 6.45) is 1.54. The molecule has 0 fully saturated rings. The van der Waals surface area contributed by atoms with Gasteiger partial charge in [-0.15, -0.1) is 0 Å². The van der Waals surface area contributed by atoms with Crippen molar-refractivity contribution in [2.75, 3.05) is 0 Å². The van der Waals surface area contributed by atoms with Crippen molar-refractivity contribution in [3.63, 3.8) is 0 Å². The van der Waals surface area contributed by atoms with E-state index in [9.17, 15) is 8.42 Å². The summed E-state index contributed by atoms with van der Waals surface area (Å²) in [5.74, 6) is 0. The molecule has 0 amide bonds. The third-order valence-electron chi connectivity index (χ3n) is 4.49. The van der Waals surface area contributed by atoms with Gasteiger partial charge in [-0.1, -0.05) is 60.2 Å². The number of nitrogens with one attached hydrogen (secondary N) is 1. The summed E-state index contributed by atoms with van der Waals surface area (Å²) in [6, 6.07) is 24.9. The Bertz CT molecular complexity index is 1260. The van der Waals surface area contributed by atoms with E-state index in [1.165, 1.54) is 5.39 Å². The summed E-state index contributed by atoms with van der Waals surface area (Å²) in [6.45, 7) is 1.91. The van der Waals surface area contributed by atoms with Crippen LogP contribution in [0.1, 0.15) is 11.1 Å². The average Bonchev–Trinajstić information content (AvgIpc) is 2.67. The molecule has 4 aromatic carbocycles. The minimum Gasteiger partial charge on any atom is -0.200 e. The number of rotatable bonds is 4. The van der Waals surface area contributed by atoms with Crippen molar-refractivity contribution < 1.29 is 8.42 Å². The lowest BCUT2D eigenvalue weighted by Crippen LogP contribution is -2.18. The van der Waals surface area contributed by atoms with E-state index >= 15 is 0 Å². The molecule has 0 saturated heterocycles. The van der Waals surface area contributed by atoms with Gasteiger partial charge in [0.2, 0.25) is 0 Å². The Morgan fingerprint density at radius 3 is 2.22 bits per heavy atom. The molecule has 0 bridgehead atoms. The van der Waals surface area contributed by atoms with Gasteiger partial charge in [-0.05, 0) is 52.7 Å². The molecule has 4 nitrogen and oxygen atoms in total. The maximum absolute atomic E-state index is 12.3. The lowest BCUT2D eigenvalue weighted by molar-refractivity contribution is 0.584. The standard InChI is InChI=1S/C22H18N2O2S/c1-16-9-11-21(12-10-16)27(25,26)24-23-15-20-8-4-7-19-13-17-5-2-3-6-18(17)14-22(19)20/h2-15,24H,1H3/b23-15+. The van der Waals surface area contributed by atoms with E-state index in [1.54, 1.807) is 30.5 Å². The number of hydrazone groups is 1. The molecule has 0 aliphatic heterocycles. The molecule has 1 N–H and O–H groups in total. The first-order valence-corrected chi connectivity index (χ1v) is 10.0. The van der Waals surface area contributed by atoms with Gasteiger partial charge in [0.05, 0.1) is 11.1 Å². The first kappa shape index (κ1) is 17.2. The van der Waals surface area contributed by atoms with Crippen molar-refractivity contribution in [1.82, 2.24) is 4.83 Å². The topological polar surface area (TPSA) is 58.5 Å². The van der Waals surface area contributed by atoms with E-state index in [2.05, 4.69) is 34.2 Å². The third-order valence-corrected chi connectivity index (χ3v) is 5.73. The smallest absolute Gasteiger partial charge is 0.200 e. The summed E-state index contributed by atoms with van der Waals surface area (Å²) in [7, 11) is -3.68. The Morgan fingerprint density at radius 1 is 0.815 bits per heavy atom. The van der Waals surface area contributed by atoms with Gasteiger partial charge in [0.25, 0.3) is 10.0 Å². The van der Waals surface area contributed by atoms with Gasteiger partial charge in [-0.25, -0.2) is 4.83 Å². The highest BCUT2D eigenvalue weighted by molar-refractivity contribution is 7.89. The third kappa shape index (κ3) is 3.55. The zero-order chi connectivity index (χ0) is 18.9. The van der Waals surface area contributed by atoms with Crippen molar-refractivity contribution >= 4 is 37.8 Å².